The highest BCUT2D eigenvalue weighted by Crippen LogP contribution is 2.26. The van der Waals surface area contributed by atoms with E-state index in [2.05, 4.69) is 0 Å². The second-order valence-corrected chi connectivity index (χ2v) is 11.4. The lowest BCUT2D eigenvalue weighted by Crippen LogP contribution is -2.39. The van der Waals surface area contributed by atoms with Crippen molar-refractivity contribution in [3.8, 4) is 0 Å². The van der Waals surface area contributed by atoms with Crippen LogP contribution < -0.4 is 5.73 Å². The molecule has 0 aliphatic heterocycles. The lowest BCUT2D eigenvalue weighted by atomic mass is 9.83. The molecule has 3 aromatic carbocycles. The van der Waals surface area contributed by atoms with Gasteiger partial charge in [-0.05, 0) is 55.2 Å². The number of carbonyl (C=O) groups is 3. The monoisotopic (exact) mass is 601 g/mol. The minimum absolute atomic E-state index is 0.209. The maximum Gasteiger partial charge on any atom is 0.306 e. The summed E-state index contributed by atoms with van der Waals surface area (Å²) in [5, 5.41) is 0. The number of ether oxygens (including phenoxy) is 3. The van der Waals surface area contributed by atoms with Gasteiger partial charge in [0.05, 0.1) is 0 Å². The van der Waals surface area contributed by atoms with E-state index < -0.39 is 5.54 Å². The van der Waals surface area contributed by atoms with Gasteiger partial charge in [0.15, 0.2) is 0 Å². The average Bonchev–Trinajstić information content (AvgIpc) is 3.06. The van der Waals surface area contributed by atoms with Crippen LogP contribution in [0.4, 0.5) is 0 Å². The second-order valence-electron chi connectivity index (χ2n) is 11.4. The molecule has 2 N–H and O–H groups in total. The van der Waals surface area contributed by atoms with E-state index in [1.165, 1.54) is 0 Å². The fraction of sp³-hybridized carbons (Fsp3) is 0.432. The summed E-state index contributed by atoms with van der Waals surface area (Å²) in [6, 6.07) is 28.9. The molecule has 3 aromatic rings. The van der Waals surface area contributed by atoms with E-state index in [4.69, 9.17) is 19.9 Å². The molecule has 7 nitrogen and oxygen atoms in total. The minimum Gasteiger partial charge on any atom is -0.461 e. The average molecular weight is 602 g/mol. The number of esters is 3. The third-order valence-corrected chi connectivity index (χ3v) is 7.64. The molecule has 0 unspecified atom stereocenters. The highest BCUT2D eigenvalue weighted by atomic mass is 16.5. The first kappa shape index (κ1) is 34.5. The molecule has 0 spiro atoms. The Hall–Kier alpha value is -3.97. The quantitative estimate of drug-likeness (QED) is 0.0762. The van der Waals surface area contributed by atoms with Gasteiger partial charge < -0.3 is 19.9 Å². The van der Waals surface area contributed by atoms with E-state index in [1.807, 2.05) is 91.0 Å². The van der Waals surface area contributed by atoms with Gasteiger partial charge in [0.2, 0.25) is 0 Å². The number of unbranched alkanes of at least 4 members (excludes halogenated alkanes) is 3. The van der Waals surface area contributed by atoms with E-state index in [1.54, 1.807) is 0 Å². The second kappa shape index (κ2) is 20.1. The molecule has 0 saturated carbocycles. The van der Waals surface area contributed by atoms with Crippen molar-refractivity contribution in [3.05, 3.63) is 108 Å². The summed E-state index contributed by atoms with van der Waals surface area (Å²) in [6.45, 7) is 0.839. The van der Waals surface area contributed by atoms with Crippen molar-refractivity contribution in [2.24, 2.45) is 5.73 Å². The number of carbonyl (C=O) groups excluding carboxylic acids is 3. The predicted molar refractivity (Wildman–Crippen MR) is 171 cm³/mol. The molecule has 0 aromatic heterocycles. The van der Waals surface area contributed by atoms with Gasteiger partial charge >= 0.3 is 17.9 Å². The Morgan fingerprint density at radius 1 is 0.455 bits per heavy atom. The van der Waals surface area contributed by atoms with Crippen LogP contribution in [0, 0.1) is 0 Å². The maximum atomic E-state index is 12.2. The molecule has 44 heavy (non-hydrogen) atoms. The van der Waals surface area contributed by atoms with Gasteiger partial charge in [-0.15, -0.1) is 0 Å². The SMILES string of the molecule is NC(CCCCC(=O)OCc1ccccc1)(CCCCC(=O)OCc1ccccc1)CCCCC(=O)OCc1ccccc1. The summed E-state index contributed by atoms with van der Waals surface area (Å²) in [4.78, 5) is 36.7. The zero-order valence-corrected chi connectivity index (χ0v) is 25.8. The first-order valence-corrected chi connectivity index (χ1v) is 15.8. The van der Waals surface area contributed by atoms with Crippen LogP contribution in [0.3, 0.4) is 0 Å². The van der Waals surface area contributed by atoms with Crippen molar-refractivity contribution in [2.45, 2.75) is 102 Å². The lowest BCUT2D eigenvalue weighted by molar-refractivity contribution is -0.146. The van der Waals surface area contributed by atoms with Gasteiger partial charge in [-0.1, -0.05) is 110 Å². The summed E-state index contributed by atoms with van der Waals surface area (Å²) in [5.74, 6) is -0.626. The number of benzene rings is 3. The molecule has 236 valence electrons. The molecule has 0 saturated heterocycles. The van der Waals surface area contributed by atoms with Crippen LogP contribution in [0.25, 0.3) is 0 Å². The topological polar surface area (TPSA) is 105 Å². The highest BCUT2D eigenvalue weighted by Gasteiger charge is 2.24. The summed E-state index contributed by atoms with van der Waals surface area (Å²) in [5.41, 5.74) is 9.37. The number of hydrogen-bond donors (Lipinski definition) is 1. The van der Waals surface area contributed by atoms with E-state index >= 15 is 0 Å². The fourth-order valence-corrected chi connectivity index (χ4v) is 5.04. The van der Waals surface area contributed by atoms with Crippen LogP contribution in [0.15, 0.2) is 91.0 Å². The Balaban J connectivity index is 1.37. The van der Waals surface area contributed by atoms with E-state index in [-0.39, 0.29) is 37.7 Å². The Morgan fingerprint density at radius 3 is 1.00 bits per heavy atom. The molecule has 0 radical (unpaired) electrons. The number of rotatable bonds is 21. The molecular weight excluding hydrogens is 554 g/mol. The molecule has 0 aliphatic carbocycles. The van der Waals surface area contributed by atoms with Gasteiger partial charge in [0, 0.05) is 24.8 Å². The molecule has 0 amide bonds. The number of nitrogens with two attached hydrogens (primary N) is 1. The van der Waals surface area contributed by atoms with Crippen LogP contribution >= 0.6 is 0 Å². The smallest absolute Gasteiger partial charge is 0.306 e. The van der Waals surface area contributed by atoms with Crippen molar-refractivity contribution in [2.75, 3.05) is 0 Å². The molecule has 0 fully saturated rings. The van der Waals surface area contributed by atoms with Gasteiger partial charge in [-0.25, -0.2) is 0 Å². The van der Waals surface area contributed by atoms with E-state index in [0.717, 1.165) is 55.2 Å². The third kappa shape index (κ3) is 15.0. The van der Waals surface area contributed by atoms with E-state index in [9.17, 15) is 14.4 Å². The van der Waals surface area contributed by atoms with Crippen molar-refractivity contribution < 1.29 is 28.6 Å². The molecule has 0 heterocycles. The van der Waals surface area contributed by atoms with Crippen LogP contribution in [-0.2, 0) is 48.4 Å². The maximum absolute atomic E-state index is 12.2. The van der Waals surface area contributed by atoms with Crippen molar-refractivity contribution in [1.29, 1.82) is 0 Å². The molecule has 0 bridgehead atoms. The Labute approximate surface area is 262 Å². The first-order chi connectivity index (χ1) is 21.4. The van der Waals surface area contributed by atoms with Crippen LogP contribution in [-0.4, -0.2) is 23.4 Å². The largest absolute Gasteiger partial charge is 0.461 e. The molecular formula is C37H47NO6. The first-order valence-electron chi connectivity index (χ1n) is 15.8. The standard InChI is InChI=1S/C37H47NO6/c38-37(25-13-10-22-34(39)42-28-31-16-4-1-5-17-31,26-14-11-23-35(40)43-29-32-18-6-2-7-19-32)27-15-12-24-36(41)44-30-33-20-8-3-9-21-33/h1-9,16-21H,10-15,22-30,38H2. The van der Waals surface area contributed by atoms with Gasteiger partial charge in [0.1, 0.15) is 19.8 Å². The Bertz CT molecular complexity index is 1080. The summed E-state index contributed by atoms with van der Waals surface area (Å²) < 4.78 is 16.2. The minimum atomic E-state index is -0.435. The Kier molecular flexibility index (Phi) is 15.7. The molecule has 3 rings (SSSR count). The van der Waals surface area contributed by atoms with Crippen molar-refractivity contribution in [1.82, 2.24) is 0 Å². The molecule has 7 heteroatoms. The summed E-state index contributed by atoms with van der Waals surface area (Å²) in [6.07, 6.45) is 7.83. The highest BCUT2D eigenvalue weighted by molar-refractivity contribution is 5.70. The Morgan fingerprint density at radius 2 is 0.727 bits per heavy atom. The molecule has 0 atom stereocenters. The zero-order valence-electron chi connectivity index (χ0n) is 25.8. The zero-order chi connectivity index (χ0) is 31.3. The predicted octanol–water partition coefficient (Wildman–Crippen LogP) is 7.60. The fourth-order valence-electron chi connectivity index (χ4n) is 5.04. The van der Waals surface area contributed by atoms with E-state index in [0.29, 0.717) is 38.5 Å². The normalized spacial score (nSPS) is 11.1. The number of hydrogen-bond acceptors (Lipinski definition) is 7. The summed E-state index contributed by atoms with van der Waals surface area (Å²) in [7, 11) is 0. The third-order valence-electron chi connectivity index (χ3n) is 7.64. The van der Waals surface area contributed by atoms with Crippen LogP contribution in [0.5, 0.6) is 0 Å². The molecule has 0 aliphatic rings. The van der Waals surface area contributed by atoms with Gasteiger partial charge in [-0.2, -0.15) is 0 Å². The van der Waals surface area contributed by atoms with Crippen molar-refractivity contribution >= 4 is 17.9 Å². The van der Waals surface area contributed by atoms with Gasteiger partial charge in [-0.3, -0.25) is 14.4 Å². The van der Waals surface area contributed by atoms with Crippen LogP contribution in [0.2, 0.25) is 0 Å². The van der Waals surface area contributed by atoms with Crippen molar-refractivity contribution in [3.63, 3.8) is 0 Å². The van der Waals surface area contributed by atoms with Crippen LogP contribution in [0.1, 0.15) is 93.7 Å². The summed E-state index contributed by atoms with van der Waals surface area (Å²) >= 11 is 0. The lowest BCUT2D eigenvalue weighted by Gasteiger charge is -2.30. The van der Waals surface area contributed by atoms with Gasteiger partial charge in [0.25, 0.3) is 0 Å².